The van der Waals surface area contributed by atoms with Crippen molar-refractivity contribution in [3.05, 3.63) is 51.5 Å². The van der Waals surface area contributed by atoms with E-state index in [0.717, 1.165) is 16.8 Å². The predicted octanol–water partition coefficient (Wildman–Crippen LogP) is 3.78. The zero-order valence-corrected chi connectivity index (χ0v) is 13.4. The molecule has 3 rings (SSSR count). The summed E-state index contributed by atoms with van der Waals surface area (Å²) in [5, 5.41) is 12.9. The molecule has 1 saturated heterocycles. The predicted molar refractivity (Wildman–Crippen MR) is 82.1 cm³/mol. The van der Waals surface area contributed by atoms with Crippen molar-refractivity contribution in [1.29, 1.82) is 0 Å². The highest BCUT2D eigenvalue weighted by Gasteiger charge is 2.35. The number of aliphatic hydroxyl groups excluding tert-OH is 1. The standard InChI is InChI=1S/C16H17F3N2OS/c1-10-20-13(9-23-10)7-21-8-14(22)6-15(21)11-3-2-4-12(5-11)16(17,18)19/h2-5,9,14-15,22H,6-8H2,1H3. The summed E-state index contributed by atoms with van der Waals surface area (Å²) in [5.41, 5.74) is 0.822. The molecule has 3 nitrogen and oxygen atoms in total. The molecule has 2 heterocycles. The highest BCUT2D eigenvalue weighted by molar-refractivity contribution is 7.09. The quantitative estimate of drug-likeness (QED) is 0.922. The molecule has 0 spiro atoms. The number of aromatic nitrogens is 1. The van der Waals surface area contributed by atoms with Crippen molar-refractivity contribution < 1.29 is 18.3 Å². The summed E-state index contributed by atoms with van der Waals surface area (Å²) in [6.45, 7) is 2.89. The van der Waals surface area contributed by atoms with Gasteiger partial charge in [-0.3, -0.25) is 4.90 Å². The molecule has 1 N–H and O–H groups in total. The van der Waals surface area contributed by atoms with Crippen LogP contribution in [0.4, 0.5) is 13.2 Å². The van der Waals surface area contributed by atoms with Crippen LogP contribution in [0.2, 0.25) is 0 Å². The first kappa shape index (κ1) is 16.4. The molecule has 124 valence electrons. The Kier molecular flexibility index (Phi) is 4.44. The number of aryl methyl sites for hydroxylation is 1. The number of β-amino-alcohol motifs (C(OH)–C–C–N with tert-alkyl or cyclic N) is 1. The van der Waals surface area contributed by atoms with Gasteiger partial charge in [0.1, 0.15) is 0 Å². The molecule has 0 radical (unpaired) electrons. The van der Waals surface area contributed by atoms with Crippen molar-refractivity contribution in [2.75, 3.05) is 6.54 Å². The number of rotatable bonds is 3. The number of benzene rings is 1. The second-order valence-corrected chi connectivity index (χ2v) is 6.88. The minimum absolute atomic E-state index is 0.227. The second-order valence-electron chi connectivity index (χ2n) is 5.82. The van der Waals surface area contributed by atoms with E-state index in [4.69, 9.17) is 0 Å². The molecular weight excluding hydrogens is 325 g/mol. The van der Waals surface area contributed by atoms with Gasteiger partial charge in [0, 0.05) is 24.5 Å². The van der Waals surface area contributed by atoms with Crippen molar-refractivity contribution in [2.45, 2.75) is 38.2 Å². The third-order valence-electron chi connectivity index (χ3n) is 4.01. The Morgan fingerprint density at radius 2 is 2.17 bits per heavy atom. The zero-order valence-electron chi connectivity index (χ0n) is 12.5. The second kappa shape index (κ2) is 6.22. The number of hydrogen-bond donors (Lipinski definition) is 1. The maximum atomic E-state index is 12.9. The van der Waals surface area contributed by atoms with Gasteiger partial charge in [-0.05, 0) is 31.0 Å². The van der Waals surface area contributed by atoms with Crippen molar-refractivity contribution in [2.24, 2.45) is 0 Å². The van der Waals surface area contributed by atoms with Gasteiger partial charge in [-0.15, -0.1) is 11.3 Å². The minimum atomic E-state index is -4.36. The van der Waals surface area contributed by atoms with Gasteiger partial charge in [-0.25, -0.2) is 4.98 Å². The summed E-state index contributed by atoms with van der Waals surface area (Å²) in [6, 6.07) is 5.14. The van der Waals surface area contributed by atoms with Gasteiger partial charge in [0.15, 0.2) is 0 Å². The Morgan fingerprint density at radius 1 is 1.39 bits per heavy atom. The lowest BCUT2D eigenvalue weighted by Crippen LogP contribution is -2.24. The van der Waals surface area contributed by atoms with E-state index in [-0.39, 0.29) is 6.04 Å². The molecule has 1 aromatic heterocycles. The van der Waals surface area contributed by atoms with E-state index in [1.54, 1.807) is 17.4 Å². The summed E-state index contributed by atoms with van der Waals surface area (Å²) < 4.78 is 38.7. The SMILES string of the molecule is Cc1nc(CN2CC(O)CC2c2cccc(C(F)(F)F)c2)cs1. The maximum Gasteiger partial charge on any atom is 0.416 e. The van der Waals surface area contributed by atoms with Crippen molar-refractivity contribution in [1.82, 2.24) is 9.88 Å². The van der Waals surface area contributed by atoms with Crippen LogP contribution in [0.15, 0.2) is 29.6 Å². The summed E-state index contributed by atoms with van der Waals surface area (Å²) in [5.74, 6) is 0. The van der Waals surface area contributed by atoms with Crippen LogP contribution in [0.5, 0.6) is 0 Å². The molecule has 0 aliphatic carbocycles. The molecular formula is C16H17F3N2OS. The third kappa shape index (κ3) is 3.73. The van der Waals surface area contributed by atoms with Crippen LogP contribution in [0.25, 0.3) is 0 Å². The summed E-state index contributed by atoms with van der Waals surface area (Å²) in [7, 11) is 0. The fourth-order valence-electron chi connectivity index (χ4n) is 3.01. The number of nitrogens with zero attached hydrogens (tertiary/aromatic N) is 2. The molecule has 1 aliphatic rings. The lowest BCUT2D eigenvalue weighted by Gasteiger charge is -2.24. The summed E-state index contributed by atoms with van der Waals surface area (Å²) in [6.07, 6.45) is -4.46. The molecule has 2 aromatic rings. The molecule has 1 aromatic carbocycles. The highest BCUT2D eigenvalue weighted by atomic mass is 32.1. The fourth-order valence-corrected chi connectivity index (χ4v) is 3.62. The lowest BCUT2D eigenvalue weighted by molar-refractivity contribution is -0.137. The normalized spacial score (nSPS) is 22.7. The molecule has 0 saturated carbocycles. The average Bonchev–Trinajstić information content (AvgIpc) is 3.04. The van der Waals surface area contributed by atoms with Crippen LogP contribution in [0, 0.1) is 6.92 Å². The van der Waals surface area contributed by atoms with Crippen LogP contribution in [-0.2, 0) is 12.7 Å². The van der Waals surface area contributed by atoms with Gasteiger partial charge in [0.25, 0.3) is 0 Å². The number of hydrogen-bond acceptors (Lipinski definition) is 4. The Hall–Kier alpha value is -1.44. The Morgan fingerprint density at radius 3 is 2.83 bits per heavy atom. The van der Waals surface area contributed by atoms with Crippen molar-refractivity contribution in [3.63, 3.8) is 0 Å². The van der Waals surface area contributed by atoms with Crippen LogP contribution in [0.1, 0.15) is 34.3 Å². The van der Waals surface area contributed by atoms with E-state index in [2.05, 4.69) is 4.98 Å². The summed E-state index contributed by atoms with van der Waals surface area (Å²) >= 11 is 1.54. The molecule has 0 bridgehead atoms. The fraction of sp³-hybridized carbons (Fsp3) is 0.438. The Labute approximate surface area is 136 Å². The minimum Gasteiger partial charge on any atom is -0.392 e. The Bertz CT molecular complexity index is 686. The number of likely N-dealkylation sites (tertiary alicyclic amines) is 1. The van der Waals surface area contributed by atoms with Crippen molar-refractivity contribution in [3.8, 4) is 0 Å². The third-order valence-corrected chi connectivity index (χ3v) is 4.83. The van der Waals surface area contributed by atoms with E-state index in [1.165, 1.54) is 12.1 Å². The van der Waals surface area contributed by atoms with Gasteiger partial charge in [-0.2, -0.15) is 13.2 Å². The van der Waals surface area contributed by atoms with Crippen LogP contribution in [-0.4, -0.2) is 27.6 Å². The van der Waals surface area contributed by atoms with E-state index in [9.17, 15) is 18.3 Å². The average molecular weight is 342 g/mol. The monoisotopic (exact) mass is 342 g/mol. The van der Waals surface area contributed by atoms with Crippen molar-refractivity contribution >= 4 is 11.3 Å². The van der Waals surface area contributed by atoms with E-state index in [0.29, 0.717) is 25.1 Å². The molecule has 0 amide bonds. The van der Waals surface area contributed by atoms with Gasteiger partial charge >= 0.3 is 6.18 Å². The first-order valence-corrected chi connectivity index (χ1v) is 8.21. The smallest absolute Gasteiger partial charge is 0.392 e. The van der Waals surface area contributed by atoms with E-state index >= 15 is 0 Å². The van der Waals surface area contributed by atoms with E-state index in [1.807, 2.05) is 17.2 Å². The molecule has 1 aliphatic heterocycles. The largest absolute Gasteiger partial charge is 0.416 e. The van der Waals surface area contributed by atoms with Crippen LogP contribution in [0.3, 0.4) is 0 Å². The van der Waals surface area contributed by atoms with Crippen LogP contribution < -0.4 is 0 Å². The summed E-state index contributed by atoms with van der Waals surface area (Å²) in [4.78, 5) is 6.39. The number of alkyl halides is 3. The first-order valence-electron chi connectivity index (χ1n) is 7.33. The van der Waals surface area contributed by atoms with Gasteiger partial charge in [0.05, 0.1) is 22.4 Å². The van der Waals surface area contributed by atoms with Gasteiger partial charge in [0.2, 0.25) is 0 Å². The topological polar surface area (TPSA) is 36.4 Å². The van der Waals surface area contributed by atoms with Gasteiger partial charge < -0.3 is 5.11 Å². The molecule has 2 atom stereocenters. The number of aliphatic hydroxyl groups is 1. The maximum absolute atomic E-state index is 12.9. The van der Waals surface area contributed by atoms with E-state index < -0.39 is 17.8 Å². The zero-order chi connectivity index (χ0) is 16.6. The van der Waals surface area contributed by atoms with Gasteiger partial charge in [-0.1, -0.05) is 12.1 Å². The molecule has 23 heavy (non-hydrogen) atoms. The number of thiazole rings is 1. The molecule has 7 heteroatoms. The molecule has 2 unspecified atom stereocenters. The lowest BCUT2D eigenvalue weighted by atomic mass is 10.0. The number of halogens is 3. The highest BCUT2D eigenvalue weighted by Crippen LogP contribution is 2.36. The molecule has 1 fully saturated rings. The van der Waals surface area contributed by atoms with Crippen LogP contribution >= 0.6 is 11.3 Å². The first-order chi connectivity index (χ1) is 10.8. The Balaban J connectivity index is 1.84.